The van der Waals surface area contributed by atoms with Gasteiger partial charge >= 0.3 is 6.18 Å². The molecule has 0 unspecified atom stereocenters. The van der Waals surface area contributed by atoms with Crippen LogP contribution in [-0.4, -0.2) is 20.2 Å². The highest BCUT2D eigenvalue weighted by molar-refractivity contribution is 7.92. The SMILES string of the molecule is Cc1ccccc1C(=O)NNC(=O)c1ccccc1NS(=O)(=O)c1cccc(C(F)(F)F)c1. The molecular formula is C22H18F3N3O4S. The normalized spacial score (nSPS) is 11.5. The average Bonchev–Trinajstić information content (AvgIpc) is 2.77. The molecule has 172 valence electrons. The zero-order chi connectivity index (χ0) is 24.2. The van der Waals surface area contributed by atoms with Gasteiger partial charge in [0.1, 0.15) is 0 Å². The number of carbonyl (C=O) groups is 2. The smallest absolute Gasteiger partial charge is 0.279 e. The van der Waals surface area contributed by atoms with Gasteiger partial charge in [-0.05, 0) is 48.9 Å². The van der Waals surface area contributed by atoms with E-state index in [0.717, 1.165) is 18.2 Å². The van der Waals surface area contributed by atoms with E-state index < -0.39 is 38.5 Å². The Balaban J connectivity index is 1.79. The van der Waals surface area contributed by atoms with E-state index in [9.17, 15) is 31.2 Å². The molecule has 0 bridgehead atoms. The van der Waals surface area contributed by atoms with Crippen LogP contribution < -0.4 is 15.6 Å². The fourth-order valence-corrected chi connectivity index (χ4v) is 4.01. The van der Waals surface area contributed by atoms with Gasteiger partial charge in [0, 0.05) is 5.56 Å². The standard InChI is InChI=1S/C22H18F3N3O4S/c1-14-7-2-3-10-17(14)20(29)26-27-21(30)18-11-4-5-12-19(18)28-33(31,32)16-9-6-8-15(13-16)22(23,24)25/h2-13,28H,1H3,(H,26,29)(H,27,30). The van der Waals surface area contributed by atoms with Crippen LogP contribution in [0.3, 0.4) is 0 Å². The first-order valence-electron chi connectivity index (χ1n) is 9.44. The van der Waals surface area contributed by atoms with Crippen LogP contribution in [0.1, 0.15) is 31.8 Å². The molecule has 7 nitrogen and oxygen atoms in total. The van der Waals surface area contributed by atoms with Gasteiger partial charge in [0.15, 0.2) is 0 Å². The number of benzene rings is 3. The largest absolute Gasteiger partial charge is 0.416 e. The van der Waals surface area contributed by atoms with Crippen molar-refractivity contribution < 1.29 is 31.2 Å². The number of halogens is 3. The molecule has 0 radical (unpaired) electrons. The van der Waals surface area contributed by atoms with E-state index >= 15 is 0 Å². The second-order valence-electron chi connectivity index (χ2n) is 6.90. The van der Waals surface area contributed by atoms with Gasteiger partial charge in [0.25, 0.3) is 21.8 Å². The summed E-state index contributed by atoms with van der Waals surface area (Å²) in [7, 11) is -4.45. The van der Waals surface area contributed by atoms with E-state index in [-0.39, 0.29) is 11.3 Å². The Kier molecular flexibility index (Phi) is 6.73. The number of carbonyl (C=O) groups excluding carboxylic acids is 2. The predicted octanol–water partition coefficient (Wildman–Crippen LogP) is 3.89. The monoisotopic (exact) mass is 477 g/mol. The van der Waals surface area contributed by atoms with Crippen molar-refractivity contribution >= 4 is 27.5 Å². The molecule has 0 spiro atoms. The van der Waals surface area contributed by atoms with Gasteiger partial charge in [-0.15, -0.1) is 0 Å². The number of para-hydroxylation sites is 1. The molecule has 0 saturated heterocycles. The van der Waals surface area contributed by atoms with Crippen molar-refractivity contribution in [1.29, 1.82) is 0 Å². The number of aryl methyl sites for hydroxylation is 1. The van der Waals surface area contributed by atoms with Crippen LogP contribution in [0.5, 0.6) is 0 Å². The minimum absolute atomic E-state index is 0.155. The highest BCUT2D eigenvalue weighted by atomic mass is 32.2. The lowest BCUT2D eigenvalue weighted by molar-refractivity contribution is -0.137. The van der Waals surface area contributed by atoms with Crippen LogP contribution in [0.15, 0.2) is 77.7 Å². The third-order valence-electron chi connectivity index (χ3n) is 4.57. The Labute approximate surface area is 187 Å². The van der Waals surface area contributed by atoms with Crippen molar-refractivity contribution in [3.8, 4) is 0 Å². The molecule has 0 heterocycles. The predicted molar refractivity (Wildman–Crippen MR) is 115 cm³/mol. The molecular weight excluding hydrogens is 459 g/mol. The van der Waals surface area contributed by atoms with Crippen molar-refractivity contribution in [2.45, 2.75) is 18.0 Å². The third kappa shape index (κ3) is 5.69. The van der Waals surface area contributed by atoms with Gasteiger partial charge < -0.3 is 0 Å². The molecule has 0 aromatic heterocycles. The van der Waals surface area contributed by atoms with E-state index in [4.69, 9.17) is 0 Å². The topological polar surface area (TPSA) is 104 Å². The summed E-state index contributed by atoms with van der Waals surface area (Å²) in [5, 5.41) is 0. The lowest BCUT2D eigenvalue weighted by atomic mass is 10.1. The van der Waals surface area contributed by atoms with Crippen molar-refractivity contribution in [2.24, 2.45) is 0 Å². The van der Waals surface area contributed by atoms with Crippen molar-refractivity contribution in [3.05, 3.63) is 95.1 Å². The third-order valence-corrected chi connectivity index (χ3v) is 5.93. The minimum atomic E-state index is -4.72. The van der Waals surface area contributed by atoms with Gasteiger partial charge in [-0.25, -0.2) is 8.42 Å². The van der Waals surface area contributed by atoms with Crippen molar-refractivity contribution in [1.82, 2.24) is 10.9 Å². The van der Waals surface area contributed by atoms with E-state index in [0.29, 0.717) is 17.2 Å². The zero-order valence-corrected chi connectivity index (χ0v) is 17.9. The first-order chi connectivity index (χ1) is 15.5. The number of rotatable bonds is 5. The molecule has 3 rings (SSSR count). The molecule has 2 amide bonds. The van der Waals surface area contributed by atoms with Crippen LogP contribution >= 0.6 is 0 Å². The Morgan fingerprint density at radius 1 is 0.788 bits per heavy atom. The summed E-state index contributed by atoms with van der Waals surface area (Å²) in [6.07, 6.45) is -4.72. The molecule has 0 aliphatic carbocycles. The Hall–Kier alpha value is -3.86. The first-order valence-corrected chi connectivity index (χ1v) is 10.9. The molecule has 0 fully saturated rings. The van der Waals surface area contributed by atoms with E-state index in [1.165, 1.54) is 24.3 Å². The molecule has 0 saturated carbocycles. The average molecular weight is 477 g/mol. The van der Waals surface area contributed by atoms with Crippen LogP contribution in [0.2, 0.25) is 0 Å². The van der Waals surface area contributed by atoms with Gasteiger partial charge in [0.05, 0.1) is 21.7 Å². The van der Waals surface area contributed by atoms with Crippen LogP contribution in [0, 0.1) is 6.92 Å². The number of nitrogens with one attached hydrogen (secondary N) is 3. The van der Waals surface area contributed by atoms with Gasteiger partial charge in [-0.3, -0.25) is 25.2 Å². The number of hydrogen-bond acceptors (Lipinski definition) is 4. The molecule has 3 N–H and O–H groups in total. The molecule has 3 aromatic carbocycles. The second kappa shape index (κ2) is 9.33. The maximum absolute atomic E-state index is 12.9. The Morgan fingerprint density at radius 2 is 1.36 bits per heavy atom. The first kappa shape index (κ1) is 23.8. The quantitative estimate of drug-likeness (QED) is 0.485. The van der Waals surface area contributed by atoms with E-state index in [2.05, 4.69) is 15.6 Å². The van der Waals surface area contributed by atoms with Crippen LogP contribution in [0.25, 0.3) is 0 Å². The summed E-state index contributed by atoms with van der Waals surface area (Å²) in [4.78, 5) is 24.2. The molecule has 11 heteroatoms. The molecule has 0 atom stereocenters. The summed E-state index contributed by atoms with van der Waals surface area (Å²) in [5.41, 5.74) is 3.98. The van der Waals surface area contributed by atoms with Crippen molar-refractivity contribution in [3.63, 3.8) is 0 Å². The highest BCUT2D eigenvalue weighted by Crippen LogP contribution is 2.31. The van der Waals surface area contributed by atoms with Crippen LogP contribution in [-0.2, 0) is 16.2 Å². The summed E-state index contributed by atoms with van der Waals surface area (Å²) in [6.45, 7) is 1.72. The maximum Gasteiger partial charge on any atom is 0.416 e. The minimum Gasteiger partial charge on any atom is -0.279 e. The molecule has 0 aliphatic heterocycles. The fourth-order valence-electron chi connectivity index (χ4n) is 2.89. The van der Waals surface area contributed by atoms with Crippen molar-refractivity contribution in [2.75, 3.05) is 4.72 Å². The van der Waals surface area contributed by atoms with E-state index in [1.54, 1.807) is 31.2 Å². The molecule has 0 aliphatic rings. The summed E-state index contributed by atoms with van der Waals surface area (Å²) in [6, 6.07) is 15.3. The lowest BCUT2D eigenvalue weighted by Crippen LogP contribution is -2.42. The molecule has 3 aromatic rings. The van der Waals surface area contributed by atoms with Gasteiger partial charge in [-0.2, -0.15) is 13.2 Å². The van der Waals surface area contributed by atoms with Gasteiger partial charge in [-0.1, -0.05) is 36.4 Å². The number of hydrogen-bond donors (Lipinski definition) is 3. The second-order valence-corrected chi connectivity index (χ2v) is 8.58. The maximum atomic E-state index is 12.9. The number of alkyl halides is 3. The lowest BCUT2D eigenvalue weighted by Gasteiger charge is -2.14. The summed E-state index contributed by atoms with van der Waals surface area (Å²) < 4.78 is 66.3. The number of anilines is 1. The highest BCUT2D eigenvalue weighted by Gasteiger charge is 2.32. The summed E-state index contributed by atoms with van der Waals surface area (Å²) in [5.74, 6) is -1.41. The fraction of sp³-hybridized carbons (Fsp3) is 0.0909. The Morgan fingerprint density at radius 3 is 2.00 bits per heavy atom. The molecule has 33 heavy (non-hydrogen) atoms. The number of amides is 2. The van der Waals surface area contributed by atoms with Crippen LogP contribution in [0.4, 0.5) is 18.9 Å². The zero-order valence-electron chi connectivity index (χ0n) is 17.1. The number of sulfonamides is 1. The van der Waals surface area contributed by atoms with E-state index in [1.807, 2.05) is 0 Å². The number of hydrazine groups is 1. The van der Waals surface area contributed by atoms with Gasteiger partial charge in [0.2, 0.25) is 0 Å². The summed E-state index contributed by atoms with van der Waals surface area (Å²) >= 11 is 0. The Bertz CT molecular complexity index is 1310.